The first kappa shape index (κ1) is 12.3. The first-order valence-electron chi connectivity index (χ1n) is 5.16. The maximum Gasteiger partial charge on any atom is 0.149 e. The van der Waals surface area contributed by atoms with E-state index in [2.05, 4.69) is 5.16 Å². The van der Waals surface area contributed by atoms with Gasteiger partial charge in [-0.05, 0) is 18.6 Å². The second-order valence-electron chi connectivity index (χ2n) is 3.75. The summed E-state index contributed by atoms with van der Waals surface area (Å²) in [5.41, 5.74) is 1.69. The van der Waals surface area contributed by atoms with Crippen LogP contribution in [0, 0.1) is 6.92 Å². The topological polar surface area (TPSA) is 43.1 Å². The zero-order valence-corrected chi connectivity index (χ0v) is 10.9. The predicted molar refractivity (Wildman–Crippen MR) is 68.2 cm³/mol. The minimum Gasteiger partial charge on any atom is -0.360 e. The molecule has 0 spiro atoms. The van der Waals surface area contributed by atoms with Crippen LogP contribution in [0.15, 0.2) is 34.9 Å². The van der Waals surface area contributed by atoms with Gasteiger partial charge >= 0.3 is 0 Å². The molecule has 0 radical (unpaired) electrons. The Morgan fingerprint density at radius 2 is 2.12 bits per heavy atom. The minimum atomic E-state index is -1.04. The predicted octanol–water partition coefficient (Wildman–Crippen LogP) is 3.09. The molecule has 90 valence electrons. The van der Waals surface area contributed by atoms with Gasteiger partial charge in [0.15, 0.2) is 0 Å². The van der Waals surface area contributed by atoms with E-state index in [4.69, 9.17) is 16.1 Å². The van der Waals surface area contributed by atoms with Crippen molar-refractivity contribution >= 4 is 22.4 Å². The molecule has 0 saturated heterocycles. The van der Waals surface area contributed by atoms with Crippen molar-refractivity contribution in [2.75, 3.05) is 0 Å². The molecule has 2 rings (SSSR count). The second-order valence-corrected chi connectivity index (χ2v) is 5.62. The first-order chi connectivity index (χ1) is 8.15. The Morgan fingerprint density at radius 3 is 2.76 bits per heavy atom. The normalized spacial score (nSPS) is 12.6. The van der Waals surface area contributed by atoms with Crippen LogP contribution in [-0.2, 0) is 22.3 Å². The lowest BCUT2D eigenvalue weighted by atomic mass is 10.2. The molecule has 1 aromatic heterocycles. The molecule has 0 aliphatic heterocycles. The van der Waals surface area contributed by atoms with Gasteiger partial charge in [0.2, 0.25) is 0 Å². The zero-order chi connectivity index (χ0) is 12.3. The highest BCUT2D eigenvalue weighted by Gasteiger charge is 2.09. The van der Waals surface area contributed by atoms with E-state index in [0.29, 0.717) is 22.3 Å². The summed E-state index contributed by atoms with van der Waals surface area (Å²) in [7, 11) is -1.04. The number of nitrogens with zero attached hydrogens (tertiary/aromatic N) is 1. The highest BCUT2D eigenvalue weighted by atomic mass is 35.5. The summed E-state index contributed by atoms with van der Waals surface area (Å²) in [6.45, 7) is 1.84. The molecule has 0 N–H and O–H groups in total. The van der Waals surface area contributed by atoms with Crippen LogP contribution in [0.25, 0.3) is 0 Å². The van der Waals surface area contributed by atoms with Crippen molar-refractivity contribution in [3.05, 3.63) is 52.4 Å². The van der Waals surface area contributed by atoms with Crippen molar-refractivity contribution in [2.24, 2.45) is 0 Å². The van der Waals surface area contributed by atoms with Crippen LogP contribution in [0.1, 0.15) is 17.0 Å². The first-order valence-corrected chi connectivity index (χ1v) is 7.02. The molecule has 3 nitrogen and oxygen atoms in total. The number of hydrogen-bond acceptors (Lipinski definition) is 3. The molecule has 1 unspecified atom stereocenters. The van der Waals surface area contributed by atoms with Gasteiger partial charge in [-0.25, -0.2) is 0 Å². The Balaban J connectivity index is 2.01. The molecule has 0 aliphatic carbocycles. The van der Waals surface area contributed by atoms with Gasteiger partial charge in [-0.3, -0.25) is 4.21 Å². The molecular formula is C12H12ClNO2S. The molecule has 1 aromatic carbocycles. The van der Waals surface area contributed by atoms with E-state index in [1.807, 2.05) is 25.1 Å². The SMILES string of the molecule is Cc1cc(CS(=O)Cc2ccccc2Cl)on1. The molecule has 17 heavy (non-hydrogen) atoms. The summed E-state index contributed by atoms with van der Waals surface area (Å²) in [4.78, 5) is 0. The summed E-state index contributed by atoms with van der Waals surface area (Å²) in [6.07, 6.45) is 0. The molecule has 1 heterocycles. The van der Waals surface area contributed by atoms with Crippen molar-refractivity contribution in [3.63, 3.8) is 0 Å². The fourth-order valence-electron chi connectivity index (χ4n) is 1.48. The molecule has 0 bridgehead atoms. The summed E-state index contributed by atoms with van der Waals surface area (Å²) in [6, 6.07) is 9.22. The highest BCUT2D eigenvalue weighted by Crippen LogP contribution is 2.18. The molecular weight excluding hydrogens is 258 g/mol. The van der Waals surface area contributed by atoms with Crippen molar-refractivity contribution < 1.29 is 8.73 Å². The average molecular weight is 270 g/mol. The maximum atomic E-state index is 11.9. The van der Waals surface area contributed by atoms with Crippen LogP contribution in [0.5, 0.6) is 0 Å². The lowest BCUT2D eigenvalue weighted by Gasteiger charge is -2.02. The van der Waals surface area contributed by atoms with Gasteiger partial charge in [-0.15, -0.1) is 0 Å². The van der Waals surface area contributed by atoms with E-state index < -0.39 is 10.8 Å². The van der Waals surface area contributed by atoms with E-state index in [9.17, 15) is 4.21 Å². The smallest absolute Gasteiger partial charge is 0.149 e. The van der Waals surface area contributed by atoms with Crippen molar-refractivity contribution in [3.8, 4) is 0 Å². The van der Waals surface area contributed by atoms with E-state index in [0.717, 1.165) is 11.3 Å². The molecule has 2 aromatic rings. The monoisotopic (exact) mass is 269 g/mol. The lowest BCUT2D eigenvalue weighted by Crippen LogP contribution is -1.99. The zero-order valence-electron chi connectivity index (χ0n) is 9.35. The highest BCUT2D eigenvalue weighted by molar-refractivity contribution is 7.83. The number of benzene rings is 1. The fraction of sp³-hybridized carbons (Fsp3) is 0.250. The lowest BCUT2D eigenvalue weighted by molar-refractivity contribution is 0.390. The van der Waals surface area contributed by atoms with E-state index in [-0.39, 0.29) is 0 Å². The molecule has 0 fully saturated rings. The third-order valence-corrected chi connectivity index (χ3v) is 3.86. The summed E-state index contributed by atoms with van der Waals surface area (Å²) in [5.74, 6) is 1.44. The van der Waals surface area contributed by atoms with Gasteiger partial charge < -0.3 is 4.52 Å². The van der Waals surface area contributed by atoms with Crippen LogP contribution in [0.4, 0.5) is 0 Å². The molecule has 5 heteroatoms. The quantitative estimate of drug-likeness (QED) is 0.857. The van der Waals surface area contributed by atoms with Gasteiger partial charge in [0.05, 0.1) is 17.2 Å². The molecule has 0 aliphatic rings. The van der Waals surface area contributed by atoms with Crippen molar-refractivity contribution in [1.82, 2.24) is 5.16 Å². The van der Waals surface area contributed by atoms with Crippen LogP contribution in [0.3, 0.4) is 0 Å². The Bertz CT molecular complexity index is 539. The van der Waals surface area contributed by atoms with Gasteiger partial charge in [0.1, 0.15) is 5.76 Å². The Kier molecular flexibility index (Phi) is 3.97. The molecule has 0 amide bonds. The van der Waals surface area contributed by atoms with Gasteiger partial charge in [0.25, 0.3) is 0 Å². The van der Waals surface area contributed by atoms with Crippen LogP contribution in [0.2, 0.25) is 5.02 Å². The Labute approximate surface area is 107 Å². The third kappa shape index (κ3) is 3.41. The van der Waals surface area contributed by atoms with Gasteiger partial charge in [-0.2, -0.15) is 0 Å². The van der Waals surface area contributed by atoms with Crippen molar-refractivity contribution in [1.29, 1.82) is 0 Å². The fourth-order valence-corrected chi connectivity index (χ4v) is 2.92. The third-order valence-electron chi connectivity index (χ3n) is 2.25. The number of hydrogen-bond donors (Lipinski definition) is 0. The van der Waals surface area contributed by atoms with Crippen LogP contribution < -0.4 is 0 Å². The maximum absolute atomic E-state index is 11.9. The molecule has 0 saturated carbocycles. The molecule has 1 atom stereocenters. The average Bonchev–Trinajstić information content (AvgIpc) is 2.67. The number of rotatable bonds is 4. The van der Waals surface area contributed by atoms with E-state index in [1.165, 1.54) is 0 Å². The van der Waals surface area contributed by atoms with E-state index in [1.54, 1.807) is 12.1 Å². The Morgan fingerprint density at radius 1 is 1.35 bits per heavy atom. The van der Waals surface area contributed by atoms with Crippen LogP contribution in [-0.4, -0.2) is 9.37 Å². The summed E-state index contributed by atoms with van der Waals surface area (Å²) >= 11 is 6.01. The van der Waals surface area contributed by atoms with Crippen molar-refractivity contribution in [2.45, 2.75) is 18.4 Å². The standard InChI is InChI=1S/C12H12ClNO2S/c1-9-6-11(16-14-9)8-17(15)7-10-4-2-3-5-12(10)13/h2-6H,7-8H2,1H3. The summed E-state index contributed by atoms with van der Waals surface area (Å²) < 4.78 is 16.9. The second kappa shape index (κ2) is 5.47. The minimum absolute atomic E-state index is 0.367. The van der Waals surface area contributed by atoms with Gasteiger partial charge in [-0.1, -0.05) is 35.0 Å². The number of halogens is 1. The number of aryl methyl sites for hydroxylation is 1. The van der Waals surface area contributed by atoms with Crippen LogP contribution >= 0.6 is 11.6 Å². The van der Waals surface area contributed by atoms with E-state index >= 15 is 0 Å². The largest absolute Gasteiger partial charge is 0.360 e. The Hall–Kier alpha value is -1.13. The summed E-state index contributed by atoms with van der Waals surface area (Å²) in [5, 5.41) is 4.41. The number of aromatic nitrogens is 1. The van der Waals surface area contributed by atoms with Gasteiger partial charge in [0, 0.05) is 21.9 Å².